The summed E-state index contributed by atoms with van der Waals surface area (Å²) in [6.07, 6.45) is 0. The van der Waals surface area contributed by atoms with E-state index in [2.05, 4.69) is 23.3 Å². The number of rotatable bonds is 3. The molecule has 0 saturated carbocycles. The molecular weight excluding hydrogens is 252 g/mol. The van der Waals surface area contributed by atoms with Gasteiger partial charge in [0.1, 0.15) is 6.07 Å². The van der Waals surface area contributed by atoms with Crippen molar-refractivity contribution in [3.05, 3.63) is 29.3 Å². The summed E-state index contributed by atoms with van der Waals surface area (Å²) in [4.78, 5) is 16.2. The van der Waals surface area contributed by atoms with Crippen LogP contribution in [0, 0.1) is 18.3 Å². The zero-order chi connectivity index (χ0) is 14.5. The number of carbonyl (C=O) groups is 1. The first-order chi connectivity index (χ1) is 9.61. The minimum absolute atomic E-state index is 0.0866. The number of carbonyl (C=O) groups excluding carboxylic acids is 1. The van der Waals surface area contributed by atoms with Crippen LogP contribution in [0.1, 0.15) is 11.1 Å². The summed E-state index contributed by atoms with van der Waals surface area (Å²) in [5, 5.41) is 12.2. The molecule has 2 rings (SSSR count). The highest BCUT2D eigenvalue weighted by Crippen LogP contribution is 2.18. The maximum absolute atomic E-state index is 12.1. The SMILES string of the molecule is Cc1cccc(NCC(=O)N2CCN(C)CC2)c1C#N. The predicted octanol–water partition coefficient (Wildman–Crippen LogP) is 1.05. The van der Waals surface area contributed by atoms with Crippen molar-refractivity contribution in [2.45, 2.75) is 6.92 Å². The average molecular weight is 272 g/mol. The smallest absolute Gasteiger partial charge is 0.241 e. The van der Waals surface area contributed by atoms with Gasteiger partial charge in [-0.1, -0.05) is 12.1 Å². The van der Waals surface area contributed by atoms with E-state index in [-0.39, 0.29) is 12.5 Å². The van der Waals surface area contributed by atoms with Crippen LogP contribution in [0.2, 0.25) is 0 Å². The van der Waals surface area contributed by atoms with Crippen molar-refractivity contribution in [3.8, 4) is 6.07 Å². The minimum Gasteiger partial charge on any atom is -0.375 e. The van der Waals surface area contributed by atoms with E-state index in [9.17, 15) is 4.79 Å². The fourth-order valence-corrected chi connectivity index (χ4v) is 2.30. The zero-order valence-corrected chi connectivity index (χ0v) is 12.0. The van der Waals surface area contributed by atoms with Gasteiger partial charge in [-0.05, 0) is 25.6 Å². The molecular formula is C15H20N4O. The predicted molar refractivity (Wildman–Crippen MR) is 78.5 cm³/mol. The Morgan fingerprint density at radius 1 is 1.35 bits per heavy atom. The number of aryl methyl sites for hydroxylation is 1. The van der Waals surface area contributed by atoms with Crippen molar-refractivity contribution in [1.29, 1.82) is 5.26 Å². The van der Waals surface area contributed by atoms with E-state index in [1.165, 1.54) is 0 Å². The summed E-state index contributed by atoms with van der Waals surface area (Å²) < 4.78 is 0. The molecule has 1 amide bonds. The van der Waals surface area contributed by atoms with Gasteiger partial charge in [0.15, 0.2) is 0 Å². The summed E-state index contributed by atoms with van der Waals surface area (Å²) in [6.45, 7) is 5.51. The van der Waals surface area contributed by atoms with Crippen LogP contribution in [0.15, 0.2) is 18.2 Å². The highest BCUT2D eigenvalue weighted by Gasteiger charge is 2.18. The van der Waals surface area contributed by atoms with E-state index in [1.807, 2.05) is 30.0 Å². The van der Waals surface area contributed by atoms with Gasteiger partial charge in [0.05, 0.1) is 17.8 Å². The van der Waals surface area contributed by atoms with Crippen LogP contribution >= 0.6 is 0 Å². The molecule has 106 valence electrons. The van der Waals surface area contributed by atoms with Gasteiger partial charge in [0, 0.05) is 26.2 Å². The number of amides is 1. The number of anilines is 1. The Morgan fingerprint density at radius 3 is 2.70 bits per heavy atom. The maximum atomic E-state index is 12.1. The van der Waals surface area contributed by atoms with Crippen LogP contribution in [0.4, 0.5) is 5.69 Å². The standard InChI is InChI=1S/C15H20N4O/c1-12-4-3-5-14(13(12)10-16)17-11-15(20)19-8-6-18(2)7-9-19/h3-5,17H,6-9,11H2,1-2H3. The van der Waals surface area contributed by atoms with E-state index >= 15 is 0 Å². The molecule has 1 aliphatic heterocycles. The van der Waals surface area contributed by atoms with Gasteiger partial charge in [-0.15, -0.1) is 0 Å². The Labute approximate surface area is 119 Å². The molecule has 0 atom stereocenters. The highest BCUT2D eigenvalue weighted by atomic mass is 16.2. The monoisotopic (exact) mass is 272 g/mol. The lowest BCUT2D eigenvalue weighted by molar-refractivity contribution is -0.130. The molecule has 0 radical (unpaired) electrons. The molecule has 1 fully saturated rings. The summed E-state index contributed by atoms with van der Waals surface area (Å²) in [5.74, 6) is 0.0866. The van der Waals surface area contributed by atoms with E-state index in [4.69, 9.17) is 5.26 Å². The molecule has 5 heteroatoms. The fraction of sp³-hybridized carbons (Fsp3) is 0.467. The molecule has 0 spiro atoms. The molecule has 1 heterocycles. The Morgan fingerprint density at radius 2 is 2.05 bits per heavy atom. The molecule has 1 aromatic rings. The molecule has 1 aromatic carbocycles. The summed E-state index contributed by atoms with van der Waals surface area (Å²) >= 11 is 0. The Hall–Kier alpha value is -2.06. The Bertz CT molecular complexity index is 527. The third-order valence-corrected chi connectivity index (χ3v) is 3.67. The lowest BCUT2D eigenvalue weighted by atomic mass is 10.1. The van der Waals surface area contributed by atoms with E-state index < -0.39 is 0 Å². The van der Waals surface area contributed by atoms with Gasteiger partial charge in [-0.3, -0.25) is 4.79 Å². The molecule has 0 aliphatic carbocycles. The highest BCUT2D eigenvalue weighted by molar-refractivity contribution is 5.81. The second-order valence-corrected chi connectivity index (χ2v) is 5.15. The van der Waals surface area contributed by atoms with Gasteiger partial charge in [-0.25, -0.2) is 0 Å². The van der Waals surface area contributed by atoms with Crippen LogP contribution in [0.3, 0.4) is 0 Å². The topological polar surface area (TPSA) is 59.4 Å². The number of likely N-dealkylation sites (N-methyl/N-ethyl adjacent to an activating group) is 1. The first-order valence-electron chi connectivity index (χ1n) is 6.81. The first kappa shape index (κ1) is 14.4. The van der Waals surface area contributed by atoms with E-state index in [1.54, 1.807) is 0 Å². The number of benzene rings is 1. The summed E-state index contributed by atoms with van der Waals surface area (Å²) in [6, 6.07) is 7.80. The fourth-order valence-electron chi connectivity index (χ4n) is 2.30. The molecule has 1 aliphatic rings. The van der Waals surface area contributed by atoms with Crippen LogP contribution < -0.4 is 5.32 Å². The molecule has 5 nitrogen and oxygen atoms in total. The van der Waals surface area contributed by atoms with Crippen LogP contribution in [0.25, 0.3) is 0 Å². The number of nitrogens with zero attached hydrogens (tertiary/aromatic N) is 3. The maximum Gasteiger partial charge on any atom is 0.241 e. The Kier molecular flexibility index (Phi) is 4.59. The van der Waals surface area contributed by atoms with Crippen LogP contribution in [-0.4, -0.2) is 55.5 Å². The summed E-state index contributed by atoms with van der Waals surface area (Å²) in [7, 11) is 2.06. The van der Waals surface area contributed by atoms with Gasteiger partial charge in [0.2, 0.25) is 5.91 Å². The molecule has 0 unspecified atom stereocenters. The normalized spacial score (nSPS) is 15.8. The van der Waals surface area contributed by atoms with Crippen molar-refractivity contribution >= 4 is 11.6 Å². The molecule has 1 N–H and O–H groups in total. The van der Waals surface area contributed by atoms with Crippen molar-refractivity contribution in [3.63, 3.8) is 0 Å². The lowest BCUT2D eigenvalue weighted by Gasteiger charge is -2.32. The quantitative estimate of drug-likeness (QED) is 0.893. The van der Waals surface area contributed by atoms with Crippen molar-refractivity contribution < 1.29 is 4.79 Å². The van der Waals surface area contributed by atoms with Gasteiger partial charge >= 0.3 is 0 Å². The third-order valence-electron chi connectivity index (χ3n) is 3.67. The van der Waals surface area contributed by atoms with Gasteiger partial charge in [0.25, 0.3) is 0 Å². The summed E-state index contributed by atoms with van der Waals surface area (Å²) in [5.41, 5.74) is 2.26. The lowest BCUT2D eigenvalue weighted by Crippen LogP contribution is -2.48. The second-order valence-electron chi connectivity index (χ2n) is 5.15. The first-order valence-corrected chi connectivity index (χ1v) is 6.81. The molecule has 1 saturated heterocycles. The molecule has 0 aromatic heterocycles. The van der Waals surface area contributed by atoms with E-state index in [0.717, 1.165) is 37.4 Å². The van der Waals surface area contributed by atoms with Crippen molar-refractivity contribution in [2.75, 3.05) is 45.1 Å². The molecule has 0 bridgehead atoms. The number of nitriles is 1. The van der Waals surface area contributed by atoms with Gasteiger partial charge in [-0.2, -0.15) is 5.26 Å². The van der Waals surface area contributed by atoms with E-state index in [0.29, 0.717) is 5.56 Å². The molecule has 20 heavy (non-hydrogen) atoms. The second kappa shape index (κ2) is 6.40. The number of hydrogen-bond acceptors (Lipinski definition) is 4. The van der Waals surface area contributed by atoms with Crippen molar-refractivity contribution in [1.82, 2.24) is 9.80 Å². The van der Waals surface area contributed by atoms with Crippen LogP contribution in [-0.2, 0) is 4.79 Å². The average Bonchev–Trinajstić information content (AvgIpc) is 2.45. The largest absolute Gasteiger partial charge is 0.375 e. The van der Waals surface area contributed by atoms with Crippen molar-refractivity contribution in [2.24, 2.45) is 0 Å². The third kappa shape index (κ3) is 3.28. The number of hydrogen-bond donors (Lipinski definition) is 1. The zero-order valence-electron chi connectivity index (χ0n) is 12.0. The Balaban J connectivity index is 1.94. The van der Waals surface area contributed by atoms with Gasteiger partial charge < -0.3 is 15.1 Å². The van der Waals surface area contributed by atoms with Crippen LogP contribution in [0.5, 0.6) is 0 Å². The number of piperazine rings is 1. The minimum atomic E-state index is 0.0866. The number of nitrogens with one attached hydrogen (secondary N) is 1.